The zero-order valence-electron chi connectivity index (χ0n) is 21.5. The van der Waals surface area contributed by atoms with Gasteiger partial charge in [-0.25, -0.2) is 13.8 Å². The first-order valence-corrected chi connectivity index (χ1v) is 13.8. The Morgan fingerprint density at radius 3 is 2.53 bits per heavy atom. The van der Waals surface area contributed by atoms with Crippen LogP contribution in [0.4, 0.5) is 20.5 Å². The quantitative estimate of drug-likeness (QED) is 0.584. The topological polar surface area (TPSA) is 68.1 Å². The van der Waals surface area contributed by atoms with Gasteiger partial charge in [0, 0.05) is 41.7 Å². The van der Waals surface area contributed by atoms with Crippen molar-refractivity contribution in [3.63, 3.8) is 0 Å². The third-order valence-corrected chi connectivity index (χ3v) is 8.74. The Kier molecular flexibility index (Phi) is 6.38. The van der Waals surface area contributed by atoms with Crippen LogP contribution >= 0.6 is 0 Å². The predicted molar refractivity (Wildman–Crippen MR) is 135 cm³/mol. The van der Waals surface area contributed by atoms with Crippen molar-refractivity contribution >= 4 is 11.8 Å². The van der Waals surface area contributed by atoms with Crippen LogP contribution in [0.5, 0.6) is 0 Å². The maximum Gasteiger partial charge on any atom is 0.241 e. The minimum absolute atomic E-state index is 0.0319. The lowest BCUT2D eigenvalue weighted by molar-refractivity contribution is -0.0179. The predicted octanol–water partition coefficient (Wildman–Crippen LogP) is 5.51. The molecule has 2 aromatic rings. The molecule has 2 aliphatic heterocycles. The van der Waals surface area contributed by atoms with E-state index in [-0.39, 0.29) is 18.1 Å². The summed E-state index contributed by atoms with van der Waals surface area (Å²) in [6.45, 7) is 7.94. The summed E-state index contributed by atoms with van der Waals surface area (Å²) >= 11 is 0. The van der Waals surface area contributed by atoms with Gasteiger partial charge in [0.05, 0.1) is 30.6 Å². The first-order chi connectivity index (χ1) is 17.4. The van der Waals surface area contributed by atoms with E-state index >= 15 is 0 Å². The molecule has 0 radical (unpaired) electrons. The van der Waals surface area contributed by atoms with Gasteiger partial charge in [-0.1, -0.05) is 6.92 Å². The number of halogens is 2. The van der Waals surface area contributed by atoms with Crippen LogP contribution in [0.25, 0.3) is 0 Å². The van der Waals surface area contributed by atoms with Crippen LogP contribution in [-0.4, -0.2) is 51.4 Å². The van der Waals surface area contributed by atoms with Gasteiger partial charge in [0.15, 0.2) is 0 Å². The van der Waals surface area contributed by atoms with Crippen LogP contribution in [0.3, 0.4) is 0 Å². The molecule has 4 atom stereocenters. The van der Waals surface area contributed by atoms with E-state index in [0.29, 0.717) is 37.4 Å². The molecule has 7 nitrogen and oxygen atoms in total. The highest BCUT2D eigenvalue weighted by molar-refractivity contribution is 5.55. The van der Waals surface area contributed by atoms with Crippen molar-refractivity contribution in [3.05, 3.63) is 29.2 Å². The summed E-state index contributed by atoms with van der Waals surface area (Å²) in [7, 11) is 0. The van der Waals surface area contributed by atoms with Gasteiger partial charge in [-0.15, -0.1) is 0 Å². The second kappa shape index (κ2) is 9.54. The van der Waals surface area contributed by atoms with Gasteiger partial charge in [0.2, 0.25) is 12.4 Å². The van der Waals surface area contributed by atoms with E-state index < -0.39 is 12.3 Å². The van der Waals surface area contributed by atoms with Crippen LogP contribution in [0.15, 0.2) is 12.4 Å². The molecule has 0 bridgehead atoms. The standard InChI is InChI=1S/C27H38F2N6O/c1-15-10-22-24(18-4-6-19(7-5-18)25(28)29)32-27(33-26(22)31-17(15)3)34-12-16(2)36-23(14-34)20-11-30-35(13-20)21-8-9-21/h11,13,15-19,21,23,25H,4-10,12,14H2,1-3H3,(H,31,32,33)/t15?,16-,17?,18?,19?,23-/m1/s1. The number of alkyl halides is 2. The SMILES string of the molecule is CC1Cc2c(nc(N3C[C@@H](C)O[C@@H](c4cnn(C5CC5)c4)C3)nc2C2CCC(C(F)F)CC2)NC1C. The highest BCUT2D eigenvalue weighted by Gasteiger charge is 2.36. The molecule has 196 valence electrons. The summed E-state index contributed by atoms with van der Waals surface area (Å²) in [4.78, 5) is 12.5. The van der Waals surface area contributed by atoms with Gasteiger partial charge in [-0.2, -0.15) is 10.1 Å². The summed E-state index contributed by atoms with van der Waals surface area (Å²) in [6, 6.07) is 0.866. The van der Waals surface area contributed by atoms with Crippen molar-refractivity contribution in [2.75, 3.05) is 23.3 Å². The van der Waals surface area contributed by atoms with Gasteiger partial charge < -0.3 is 15.0 Å². The van der Waals surface area contributed by atoms with Gasteiger partial charge >= 0.3 is 0 Å². The van der Waals surface area contributed by atoms with Crippen molar-refractivity contribution < 1.29 is 13.5 Å². The third-order valence-electron chi connectivity index (χ3n) is 8.74. The minimum atomic E-state index is -2.22. The lowest BCUT2D eigenvalue weighted by Gasteiger charge is -2.38. The van der Waals surface area contributed by atoms with Crippen LogP contribution in [-0.2, 0) is 11.2 Å². The van der Waals surface area contributed by atoms with Gasteiger partial charge in [-0.05, 0) is 64.7 Å². The molecule has 3 fully saturated rings. The van der Waals surface area contributed by atoms with Crippen LogP contribution < -0.4 is 10.2 Å². The van der Waals surface area contributed by atoms with E-state index in [2.05, 4.69) is 47.0 Å². The van der Waals surface area contributed by atoms with Crippen LogP contribution in [0, 0.1) is 11.8 Å². The summed E-state index contributed by atoms with van der Waals surface area (Å²) in [5.41, 5.74) is 3.36. The van der Waals surface area contributed by atoms with Crippen molar-refractivity contribution in [3.8, 4) is 0 Å². The number of morpholine rings is 1. The highest BCUT2D eigenvalue weighted by atomic mass is 19.3. The Labute approximate surface area is 212 Å². The van der Waals surface area contributed by atoms with E-state index in [1.54, 1.807) is 0 Å². The molecule has 4 aliphatic rings. The maximum atomic E-state index is 13.3. The molecule has 9 heteroatoms. The number of nitrogens with zero attached hydrogens (tertiary/aromatic N) is 5. The number of anilines is 2. The van der Waals surface area contributed by atoms with Crippen molar-refractivity contribution in [2.24, 2.45) is 11.8 Å². The van der Waals surface area contributed by atoms with Gasteiger partial charge in [-0.3, -0.25) is 4.68 Å². The van der Waals surface area contributed by atoms with E-state index in [0.717, 1.165) is 48.8 Å². The summed E-state index contributed by atoms with van der Waals surface area (Å²) < 4.78 is 35.0. The molecule has 2 aromatic heterocycles. The molecule has 0 aromatic carbocycles. The van der Waals surface area contributed by atoms with Crippen molar-refractivity contribution in [2.45, 2.75) is 102 Å². The fraction of sp³-hybridized carbons (Fsp3) is 0.741. The molecule has 6 rings (SSSR count). The number of hydrogen-bond acceptors (Lipinski definition) is 6. The Morgan fingerprint density at radius 1 is 1.03 bits per heavy atom. The second-order valence-corrected chi connectivity index (χ2v) is 11.6. The zero-order chi connectivity index (χ0) is 25.0. The lowest BCUT2D eigenvalue weighted by Crippen LogP contribution is -2.44. The number of rotatable bonds is 5. The first-order valence-electron chi connectivity index (χ1n) is 13.8. The van der Waals surface area contributed by atoms with Crippen LogP contribution in [0.2, 0.25) is 0 Å². The highest BCUT2D eigenvalue weighted by Crippen LogP contribution is 2.42. The first kappa shape index (κ1) is 24.1. The second-order valence-electron chi connectivity index (χ2n) is 11.6. The largest absolute Gasteiger partial charge is 0.367 e. The molecular weight excluding hydrogens is 462 g/mol. The normalized spacial score (nSPS) is 32.9. The molecule has 1 N–H and O–H groups in total. The van der Waals surface area contributed by atoms with E-state index in [4.69, 9.17) is 14.7 Å². The number of aromatic nitrogens is 4. The number of hydrogen-bond donors (Lipinski definition) is 1. The van der Waals surface area contributed by atoms with Gasteiger partial charge in [0.25, 0.3) is 0 Å². The Hall–Kier alpha value is -2.29. The molecular formula is C27H38F2N6O. The molecule has 0 amide bonds. The van der Waals surface area contributed by atoms with E-state index in [9.17, 15) is 8.78 Å². The van der Waals surface area contributed by atoms with E-state index in [1.807, 2.05) is 6.20 Å². The molecule has 2 aliphatic carbocycles. The summed E-state index contributed by atoms with van der Waals surface area (Å²) in [5, 5.41) is 8.20. The zero-order valence-corrected chi connectivity index (χ0v) is 21.5. The molecule has 2 unspecified atom stereocenters. The van der Waals surface area contributed by atoms with Gasteiger partial charge in [0.1, 0.15) is 11.9 Å². The number of ether oxygens (including phenoxy) is 1. The fourth-order valence-electron chi connectivity index (χ4n) is 6.15. The number of fused-ring (bicyclic) bond motifs is 1. The van der Waals surface area contributed by atoms with Crippen molar-refractivity contribution in [1.82, 2.24) is 19.7 Å². The molecule has 4 heterocycles. The molecule has 2 saturated carbocycles. The Morgan fingerprint density at radius 2 is 1.81 bits per heavy atom. The Bertz CT molecular complexity index is 1080. The monoisotopic (exact) mass is 500 g/mol. The van der Waals surface area contributed by atoms with Crippen molar-refractivity contribution in [1.29, 1.82) is 0 Å². The average molecular weight is 501 g/mol. The lowest BCUT2D eigenvalue weighted by atomic mass is 9.78. The fourth-order valence-corrected chi connectivity index (χ4v) is 6.15. The molecule has 0 spiro atoms. The average Bonchev–Trinajstić information content (AvgIpc) is 3.60. The third kappa shape index (κ3) is 4.71. The summed E-state index contributed by atoms with van der Waals surface area (Å²) in [6.07, 6.45) is 7.78. The summed E-state index contributed by atoms with van der Waals surface area (Å²) in [5.74, 6) is 1.85. The Balaban J connectivity index is 1.29. The molecule has 1 saturated heterocycles. The maximum absolute atomic E-state index is 13.3. The van der Waals surface area contributed by atoms with Crippen LogP contribution in [0.1, 0.15) is 94.2 Å². The number of nitrogens with one attached hydrogen (secondary N) is 1. The molecule has 36 heavy (non-hydrogen) atoms. The van der Waals surface area contributed by atoms with E-state index in [1.165, 1.54) is 18.4 Å². The minimum Gasteiger partial charge on any atom is -0.367 e. The smallest absolute Gasteiger partial charge is 0.241 e.